The average molecular weight is 279 g/mol. The normalized spacial score (nSPS) is 20.9. The van der Waals surface area contributed by atoms with Crippen LogP contribution in [0.2, 0.25) is 0 Å². The molecule has 0 radical (unpaired) electrons. The van der Waals surface area contributed by atoms with Crippen molar-refractivity contribution in [2.24, 2.45) is 0 Å². The van der Waals surface area contributed by atoms with Crippen LogP contribution in [0.4, 0.5) is 8.78 Å². The van der Waals surface area contributed by atoms with E-state index in [1.165, 1.54) is 6.42 Å². The van der Waals surface area contributed by atoms with Gasteiger partial charge < -0.3 is 0 Å². The van der Waals surface area contributed by atoms with Gasteiger partial charge in [-0.3, -0.25) is 9.47 Å². The minimum atomic E-state index is -2.54. The summed E-state index contributed by atoms with van der Waals surface area (Å²) in [7, 11) is 0. The van der Waals surface area contributed by atoms with Gasteiger partial charge in [-0.2, -0.15) is 8.78 Å². The molecule has 1 aliphatic rings. The lowest BCUT2D eigenvalue weighted by molar-refractivity contribution is 0.0647. The van der Waals surface area contributed by atoms with Gasteiger partial charge in [-0.25, -0.2) is 4.98 Å². The van der Waals surface area contributed by atoms with E-state index < -0.39 is 6.55 Å². The van der Waals surface area contributed by atoms with Crippen LogP contribution in [0, 0.1) is 0 Å². The number of piperidine rings is 1. The Morgan fingerprint density at radius 3 is 2.85 bits per heavy atom. The number of rotatable bonds is 3. The maximum Gasteiger partial charge on any atom is 0.320 e. The van der Waals surface area contributed by atoms with Crippen molar-refractivity contribution in [1.29, 1.82) is 0 Å². The number of para-hydroxylation sites is 2. The van der Waals surface area contributed by atoms with Crippen molar-refractivity contribution < 1.29 is 8.78 Å². The molecule has 3 nitrogen and oxygen atoms in total. The highest BCUT2D eigenvalue weighted by atomic mass is 19.3. The van der Waals surface area contributed by atoms with Gasteiger partial charge in [0.1, 0.15) is 5.82 Å². The van der Waals surface area contributed by atoms with E-state index in [2.05, 4.69) is 16.8 Å². The third-order valence-electron chi connectivity index (χ3n) is 4.15. The molecule has 1 unspecified atom stereocenters. The van der Waals surface area contributed by atoms with Gasteiger partial charge in [0.2, 0.25) is 0 Å². The Bertz CT molecular complexity index is 594. The summed E-state index contributed by atoms with van der Waals surface area (Å²) in [4.78, 5) is 6.66. The Labute approximate surface area is 117 Å². The molecule has 1 aromatic carbocycles. The number of nitrogens with zero attached hydrogens (tertiary/aromatic N) is 3. The molecular weight excluding hydrogens is 260 g/mol. The van der Waals surface area contributed by atoms with Crippen molar-refractivity contribution in [3.63, 3.8) is 0 Å². The lowest BCUT2D eigenvalue weighted by Gasteiger charge is -2.32. The first-order chi connectivity index (χ1) is 9.66. The van der Waals surface area contributed by atoms with E-state index in [1.54, 1.807) is 18.2 Å². The molecule has 0 aliphatic carbocycles. The van der Waals surface area contributed by atoms with Gasteiger partial charge in [0.15, 0.2) is 0 Å². The molecule has 0 spiro atoms. The summed E-state index contributed by atoms with van der Waals surface area (Å²) in [6.07, 6.45) is 3.50. The van der Waals surface area contributed by atoms with Gasteiger partial charge in [-0.1, -0.05) is 18.6 Å². The van der Waals surface area contributed by atoms with E-state index in [9.17, 15) is 8.78 Å². The lowest BCUT2D eigenvalue weighted by atomic mass is 10.0. The zero-order chi connectivity index (χ0) is 14.1. The first-order valence-corrected chi connectivity index (χ1v) is 7.15. The van der Waals surface area contributed by atoms with E-state index in [1.807, 2.05) is 6.07 Å². The van der Waals surface area contributed by atoms with Crippen molar-refractivity contribution in [2.75, 3.05) is 6.54 Å². The van der Waals surface area contributed by atoms with Crippen LogP contribution in [0.3, 0.4) is 0 Å². The maximum atomic E-state index is 13.3. The first kappa shape index (κ1) is 13.5. The topological polar surface area (TPSA) is 21.1 Å². The number of hydrogen-bond acceptors (Lipinski definition) is 2. The van der Waals surface area contributed by atoms with E-state index in [0.717, 1.165) is 24.0 Å². The number of halogens is 2. The highest BCUT2D eigenvalue weighted by Crippen LogP contribution is 2.26. The Kier molecular flexibility index (Phi) is 3.70. The summed E-state index contributed by atoms with van der Waals surface area (Å²) in [6, 6.07) is 7.54. The third kappa shape index (κ3) is 2.42. The van der Waals surface area contributed by atoms with E-state index in [-0.39, 0.29) is 0 Å². The molecule has 0 bridgehead atoms. The third-order valence-corrected chi connectivity index (χ3v) is 4.15. The van der Waals surface area contributed by atoms with Crippen molar-refractivity contribution in [1.82, 2.24) is 14.5 Å². The van der Waals surface area contributed by atoms with E-state index in [4.69, 9.17) is 0 Å². The molecule has 2 aromatic rings. The molecule has 1 atom stereocenters. The molecule has 0 amide bonds. The summed E-state index contributed by atoms with van der Waals surface area (Å²) < 4.78 is 27.8. The molecular formula is C15H19F2N3. The average Bonchev–Trinajstić information content (AvgIpc) is 2.79. The molecule has 2 heterocycles. The van der Waals surface area contributed by atoms with Gasteiger partial charge in [0.25, 0.3) is 0 Å². The van der Waals surface area contributed by atoms with E-state index in [0.29, 0.717) is 29.4 Å². The number of likely N-dealkylation sites (tertiary alicyclic amines) is 1. The number of aromatic nitrogens is 2. The fraction of sp³-hybridized carbons (Fsp3) is 0.533. The van der Waals surface area contributed by atoms with Gasteiger partial charge in [-0.15, -0.1) is 0 Å². The molecule has 0 N–H and O–H groups in total. The van der Waals surface area contributed by atoms with Crippen LogP contribution in [-0.4, -0.2) is 27.0 Å². The standard InChI is InChI=1S/C15H19F2N3/c1-11-6-4-5-9-19(11)10-14-18-12-7-2-3-8-13(12)20(14)15(16)17/h2-3,7-8,11,15H,4-6,9-10H2,1H3. The van der Waals surface area contributed by atoms with Crippen molar-refractivity contribution in [3.8, 4) is 0 Å². The van der Waals surface area contributed by atoms with Crippen molar-refractivity contribution >= 4 is 11.0 Å². The van der Waals surface area contributed by atoms with Crippen LogP contribution >= 0.6 is 0 Å². The Morgan fingerprint density at radius 1 is 1.30 bits per heavy atom. The summed E-state index contributed by atoms with van der Waals surface area (Å²) in [6.45, 7) is 1.08. The summed E-state index contributed by atoms with van der Waals surface area (Å²) in [5.41, 5.74) is 1.16. The zero-order valence-corrected chi connectivity index (χ0v) is 11.6. The highest BCUT2D eigenvalue weighted by molar-refractivity contribution is 5.75. The van der Waals surface area contributed by atoms with Crippen molar-refractivity contribution in [2.45, 2.75) is 45.3 Å². The monoisotopic (exact) mass is 279 g/mol. The summed E-state index contributed by atoms with van der Waals surface area (Å²) >= 11 is 0. The summed E-state index contributed by atoms with van der Waals surface area (Å²) in [5.74, 6) is 0.468. The second kappa shape index (κ2) is 5.48. The molecule has 3 rings (SSSR count). The Hall–Kier alpha value is -1.49. The summed E-state index contributed by atoms with van der Waals surface area (Å²) in [5, 5.41) is 0. The molecule has 1 aromatic heterocycles. The van der Waals surface area contributed by atoms with Crippen molar-refractivity contribution in [3.05, 3.63) is 30.1 Å². The fourth-order valence-corrected chi connectivity index (χ4v) is 3.00. The fourth-order valence-electron chi connectivity index (χ4n) is 3.00. The highest BCUT2D eigenvalue weighted by Gasteiger charge is 2.23. The molecule has 5 heteroatoms. The van der Waals surface area contributed by atoms with Crippen LogP contribution in [0.1, 0.15) is 38.6 Å². The molecule has 1 saturated heterocycles. The molecule has 108 valence electrons. The van der Waals surface area contributed by atoms with Crippen LogP contribution in [0.5, 0.6) is 0 Å². The lowest BCUT2D eigenvalue weighted by Crippen LogP contribution is -2.37. The predicted octanol–water partition coefficient (Wildman–Crippen LogP) is 3.81. The predicted molar refractivity (Wildman–Crippen MR) is 74.7 cm³/mol. The van der Waals surface area contributed by atoms with Crippen LogP contribution in [0.25, 0.3) is 11.0 Å². The largest absolute Gasteiger partial charge is 0.320 e. The molecule has 0 saturated carbocycles. The minimum Gasteiger partial charge on any atom is -0.293 e. The first-order valence-electron chi connectivity index (χ1n) is 7.15. The number of imidazole rings is 1. The Balaban J connectivity index is 1.95. The Morgan fingerprint density at radius 2 is 2.10 bits per heavy atom. The van der Waals surface area contributed by atoms with Gasteiger partial charge in [-0.05, 0) is 38.4 Å². The van der Waals surface area contributed by atoms with Crippen LogP contribution in [0.15, 0.2) is 24.3 Å². The molecule has 1 fully saturated rings. The van der Waals surface area contributed by atoms with Gasteiger partial charge in [0.05, 0.1) is 17.6 Å². The second-order valence-electron chi connectivity index (χ2n) is 5.48. The number of alkyl halides is 2. The SMILES string of the molecule is CC1CCCCN1Cc1nc2ccccc2n1C(F)F. The minimum absolute atomic E-state index is 0.440. The molecule has 1 aliphatic heterocycles. The smallest absolute Gasteiger partial charge is 0.293 e. The van der Waals surface area contributed by atoms with Gasteiger partial charge >= 0.3 is 6.55 Å². The quantitative estimate of drug-likeness (QED) is 0.852. The molecule has 20 heavy (non-hydrogen) atoms. The van der Waals surface area contributed by atoms with Gasteiger partial charge in [0, 0.05) is 6.04 Å². The van der Waals surface area contributed by atoms with Crippen LogP contribution in [-0.2, 0) is 6.54 Å². The van der Waals surface area contributed by atoms with E-state index >= 15 is 0 Å². The second-order valence-corrected chi connectivity index (χ2v) is 5.48. The van der Waals surface area contributed by atoms with Crippen LogP contribution < -0.4 is 0 Å². The zero-order valence-electron chi connectivity index (χ0n) is 11.6. The number of fused-ring (bicyclic) bond motifs is 1. The maximum absolute atomic E-state index is 13.3. The number of benzene rings is 1. The number of hydrogen-bond donors (Lipinski definition) is 0.